The minimum atomic E-state index is -1.02. The molecule has 0 saturated carbocycles. The van der Waals surface area contributed by atoms with E-state index in [4.69, 9.17) is 21.1 Å². The van der Waals surface area contributed by atoms with Crippen molar-refractivity contribution in [1.29, 1.82) is 0 Å². The number of methoxy groups -OCH3 is 2. The van der Waals surface area contributed by atoms with Gasteiger partial charge in [-0.15, -0.1) is 0 Å². The minimum absolute atomic E-state index is 0.185. The summed E-state index contributed by atoms with van der Waals surface area (Å²) in [5.41, 5.74) is 0.185. The van der Waals surface area contributed by atoms with Crippen LogP contribution in [0, 0.1) is 0 Å². The molecule has 0 spiro atoms. The molecule has 110 valence electrons. The third-order valence-electron chi connectivity index (χ3n) is 2.45. The predicted octanol–water partition coefficient (Wildman–Crippen LogP) is 0.500. The second-order valence-corrected chi connectivity index (χ2v) is 6.34. The van der Waals surface area contributed by atoms with Gasteiger partial charge in [-0.1, -0.05) is 0 Å². The van der Waals surface area contributed by atoms with Gasteiger partial charge in [0.05, 0.1) is 0 Å². The van der Waals surface area contributed by atoms with Gasteiger partial charge in [-0.05, 0) is 0 Å². The standard InChI is InChI=1S/C13H11ClN2O4Se/c1-19-10-6-11(20-2)16-13(15-10)21-9-5-7(14)3-4-8(9)12(17)18/h3-6H,1-2H3,(H,17,18). The number of aromatic nitrogens is 2. The van der Waals surface area contributed by atoms with Crippen LogP contribution in [-0.4, -0.2) is 50.2 Å². The maximum atomic E-state index is 11.2. The molecule has 8 heteroatoms. The fourth-order valence-electron chi connectivity index (χ4n) is 1.49. The Balaban J connectivity index is 2.42. The third kappa shape index (κ3) is 3.85. The number of carboxylic acid groups (broad SMARTS) is 1. The zero-order chi connectivity index (χ0) is 15.4. The number of rotatable bonds is 5. The molecule has 2 aromatic rings. The van der Waals surface area contributed by atoms with Crippen molar-refractivity contribution in [3.8, 4) is 11.8 Å². The van der Waals surface area contributed by atoms with Crippen molar-refractivity contribution in [2.75, 3.05) is 14.2 Å². The van der Waals surface area contributed by atoms with E-state index in [9.17, 15) is 9.90 Å². The van der Waals surface area contributed by atoms with Crippen LogP contribution in [0.4, 0.5) is 0 Å². The van der Waals surface area contributed by atoms with Gasteiger partial charge in [-0.25, -0.2) is 0 Å². The number of ether oxygens (including phenoxy) is 2. The molecule has 1 aromatic carbocycles. The Hall–Kier alpha value is -1.82. The van der Waals surface area contributed by atoms with Crippen molar-refractivity contribution in [2.24, 2.45) is 0 Å². The van der Waals surface area contributed by atoms with Gasteiger partial charge in [-0.3, -0.25) is 0 Å². The van der Waals surface area contributed by atoms with Gasteiger partial charge in [0.2, 0.25) is 0 Å². The summed E-state index contributed by atoms with van der Waals surface area (Å²) in [6, 6.07) is 6.17. The van der Waals surface area contributed by atoms with E-state index < -0.39 is 20.9 Å². The molecule has 1 aromatic heterocycles. The van der Waals surface area contributed by atoms with Crippen LogP contribution in [0.5, 0.6) is 11.8 Å². The number of carbonyl (C=O) groups is 1. The SMILES string of the molecule is COc1cc(OC)nc([Se]c2cc(Cl)ccc2C(=O)O)n1. The van der Waals surface area contributed by atoms with E-state index in [-0.39, 0.29) is 5.56 Å². The molecule has 0 aliphatic heterocycles. The average molecular weight is 374 g/mol. The molecule has 6 nitrogen and oxygen atoms in total. The fraction of sp³-hybridized carbons (Fsp3) is 0.154. The molecule has 1 N–H and O–H groups in total. The van der Waals surface area contributed by atoms with Gasteiger partial charge in [0.1, 0.15) is 0 Å². The Bertz CT molecular complexity index is 659. The molecule has 0 saturated heterocycles. The Morgan fingerprint density at radius 1 is 1.19 bits per heavy atom. The molecule has 0 unspecified atom stereocenters. The van der Waals surface area contributed by atoms with Gasteiger partial charge in [0, 0.05) is 0 Å². The number of halogens is 1. The Morgan fingerprint density at radius 2 is 1.81 bits per heavy atom. The van der Waals surface area contributed by atoms with Gasteiger partial charge in [0.25, 0.3) is 0 Å². The molecule has 0 aliphatic rings. The topological polar surface area (TPSA) is 81.5 Å². The van der Waals surface area contributed by atoms with Crippen LogP contribution >= 0.6 is 11.6 Å². The molecule has 0 bridgehead atoms. The second kappa shape index (κ2) is 6.76. The first-order chi connectivity index (χ1) is 10.0. The first-order valence-electron chi connectivity index (χ1n) is 5.71. The van der Waals surface area contributed by atoms with E-state index in [0.29, 0.717) is 26.0 Å². The summed E-state index contributed by atoms with van der Waals surface area (Å²) >= 11 is 5.49. The molecule has 21 heavy (non-hydrogen) atoms. The van der Waals surface area contributed by atoms with E-state index in [1.165, 1.54) is 26.4 Å². The first kappa shape index (κ1) is 15.6. The summed E-state index contributed by atoms with van der Waals surface area (Å²) in [4.78, 5) is 19.7. The van der Waals surface area contributed by atoms with Crippen LogP contribution in [0.2, 0.25) is 5.02 Å². The van der Waals surface area contributed by atoms with E-state index in [2.05, 4.69) is 9.97 Å². The van der Waals surface area contributed by atoms with Crippen molar-refractivity contribution in [3.05, 3.63) is 34.9 Å². The van der Waals surface area contributed by atoms with E-state index in [1.54, 1.807) is 12.1 Å². The number of hydrogen-bond acceptors (Lipinski definition) is 5. The van der Waals surface area contributed by atoms with Gasteiger partial charge in [-0.2, -0.15) is 0 Å². The van der Waals surface area contributed by atoms with Crippen LogP contribution in [0.3, 0.4) is 0 Å². The number of hydrogen-bond donors (Lipinski definition) is 1. The van der Waals surface area contributed by atoms with Crippen molar-refractivity contribution in [1.82, 2.24) is 9.97 Å². The molecule has 0 atom stereocenters. The summed E-state index contributed by atoms with van der Waals surface area (Å²) in [6.07, 6.45) is 0. The fourth-order valence-corrected chi connectivity index (χ4v) is 3.74. The van der Waals surface area contributed by atoms with Crippen LogP contribution in [-0.2, 0) is 0 Å². The summed E-state index contributed by atoms with van der Waals surface area (Å²) in [5.74, 6) is -0.298. The zero-order valence-corrected chi connectivity index (χ0v) is 13.6. The average Bonchev–Trinajstić information content (AvgIpc) is 2.46. The monoisotopic (exact) mass is 374 g/mol. The maximum absolute atomic E-state index is 11.2. The molecule has 0 radical (unpaired) electrons. The summed E-state index contributed by atoms with van der Waals surface area (Å²) in [6.45, 7) is 0. The van der Waals surface area contributed by atoms with Crippen LogP contribution in [0.25, 0.3) is 0 Å². The molecule has 0 amide bonds. The molecular formula is C13H11ClN2O4Se. The van der Waals surface area contributed by atoms with Crippen molar-refractivity contribution in [3.63, 3.8) is 0 Å². The Kier molecular flexibility index (Phi) is 5.01. The third-order valence-corrected chi connectivity index (χ3v) is 4.62. The predicted molar refractivity (Wildman–Crippen MR) is 78.6 cm³/mol. The molecule has 2 rings (SSSR count). The van der Waals surface area contributed by atoms with E-state index in [1.807, 2.05) is 0 Å². The van der Waals surface area contributed by atoms with Gasteiger partial charge in [0.15, 0.2) is 0 Å². The second-order valence-electron chi connectivity index (χ2n) is 3.78. The van der Waals surface area contributed by atoms with Crippen molar-refractivity contribution in [2.45, 2.75) is 0 Å². The van der Waals surface area contributed by atoms with E-state index in [0.717, 1.165) is 0 Å². The van der Waals surface area contributed by atoms with Crippen LogP contribution in [0.15, 0.2) is 24.3 Å². The Morgan fingerprint density at radius 3 is 2.33 bits per heavy atom. The zero-order valence-electron chi connectivity index (χ0n) is 11.2. The molecule has 1 heterocycles. The van der Waals surface area contributed by atoms with Gasteiger partial charge >= 0.3 is 132 Å². The Labute approximate surface area is 132 Å². The number of carboxylic acids is 1. The quantitative estimate of drug-likeness (QED) is 0.769. The normalized spacial score (nSPS) is 10.2. The number of nitrogens with zero attached hydrogens (tertiary/aromatic N) is 2. The van der Waals surface area contributed by atoms with E-state index >= 15 is 0 Å². The van der Waals surface area contributed by atoms with Gasteiger partial charge < -0.3 is 0 Å². The number of aromatic carboxylic acids is 1. The summed E-state index contributed by atoms with van der Waals surface area (Å²) in [5, 5.41) is 9.68. The van der Waals surface area contributed by atoms with Crippen LogP contribution < -0.4 is 18.7 Å². The van der Waals surface area contributed by atoms with Crippen LogP contribution in [0.1, 0.15) is 10.4 Å². The molecule has 0 aliphatic carbocycles. The number of benzene rings is 1. The first-order valence-corrected chi connectivity index (χ1v) is 7.80. The van der Waals surface area contributed by atoms with Crippen molar-refractivity contribution < 1.29 is 19.4 Å². The van der Waals surface area contributed by atoms with Crippen molar-refractivity contribution >= 4 is 41.7 Å². The molecule has 0 fully saturated rings. The summed E-state index contributed by atoms with van der Waals surface area (Å²) < 4.78 is 11.2. The summed E-state index contributed by atoms with van der Waals surface area (Å²) in [7, 11) is 2.97. The molecular weight excluding hydrogens is 363 g/mol.